The molecule has 0 saturated carbocycles. The number of benzene rings is 1. The molecule has 1 aliphatic heterocycles. The van der Waals surface area contributed by atoms with Gasteiger partial charge in [-0.15, -0.1) is 0 Å². The highest BCUT2D eigenvalue weighted by molar-refractivity contribution is 6.30. The Morgan fingerprint density at radius 3 is 2.71 bits per heavy atom. The van der Waals surface area contributed by atoms with Crippen LogP contribution in [-0.4, -0.2) is 47.5 Å². The van der Waals surface area contributed by atoms with E-state index in [-0.39, 0.29) is 12.1 Å². The Kier molecular flexibility index (Phi) is 5.56. The Bertz CT molecular complexity index is 673. The lowest BCUT2D eigenvalue weighted by Crippen LogP contribution is -2.47. The first-order valence-electron chi connectivity index (χ1n) is 8.33. The maximum Gasteiger partial charge on any atom is 0.131 e. The van der Waals surface area contributed by atoms with Crippen LogP contribution in [0.3, 0.4) is 0 Å². The summed E-state index contributed by atoms with van der Waals surface area (Å²) in [6.45, 7) is 5.17. The third-order valence-corrected chi connectivity index (χ3v) is 5.13. The Balaban J connectivity index is 1.66. The molecule has 0 unspecified atom stereocenters. The smallest absolute Gasteiger partial charge is 0.131 e. The molecule has 0 amide bonds. The van der Waals surface area contributed by atoms with E-state index in [4.69, 9.17) is 16.3 Å². The van der Waals surface area contributed by atoms with Crippen LogP contribution in [0.25, 0.3) is 0 Å². The molecule has 130 valence electrons. The maximum atomic E-state index is 6.30. The molecule has 1 aromatic carbocycles. The van der Waals surface area contributed by atoms with Crippen molar-refractivity contribution in [3.05, 3.63) is 52.3 Å². The second-order valence-corrected chi connectivity index (χ2v) is 6.71. The molecule has 0 aliphatic carbocycles. The minimum Gasteiger partial charge on any atom is -0.374 e. The largest absolute Gasteiger partial charge is 0.374 e. The lowest BCUT2D eigenvalue weighted by Gasteiger charge is -2.39. The van der Waals surface area contributed by atoms with Gasteiger partial charge < -0.3 is 10.1 Å². The zero-order chi connectivity index (χ0) is 17.1. The monoisotopic (exact) mass is 348 g/mol. The minimum absolute atomic E-state index is 0.113. The van der Waals surface area contributed by atoms with Gasteiger partial charge in [0.25, 0.3) is 0 Å². The first-order chi connectivity index (χ1) is 11.6. The first kappa shape index (κ1) is 17.4. The normalized spacial score (nSPS) is 22.0. The van der Waals surface area contributed by atoms with Crippen LogP contribution in [0, 0.1) is 6.92 Å². The number of aryl methyl sites for hydroxylation is 2. The Morgan fingerprint density at radius 2 is 2.04 bits per heavy atom. The summed E-state index contributed by atoms with van der Waals surface area (Å²) >= 11 is 6.30. The highest BCUT2D eigenvalue weighted by Gasteiger charge is 2.31. The van der Waals surface area contributed by atoms with E-state index in [0.29, 0.717) is 11.7 Å². The summed E-state index contributed by atoms with van der Waals surface area (Å²) in [6, 6.07) is 10.8. The Labute approximate surface area is 148 Å². The molecule has 1 saturated heterocycles. The molecule has 0 bridgehead atoms. The van der Waals surface area contributed by atoms with Crippen LogP contribution in [-0.2, 0) is 18.3 Å². The fourth-order valence-corrected chi connectivity index (χ4v) is 3.61. The quantitative estimate of drug-likeness (QED) is 0.901. The fraction of sp³-hybridized carbons (Fsp3) is 0.500. The summed E-state index contributed by atoms with van der Waals surface area (Å²) in [4.78, 5) is 2.37. The molecule has 2 aromatic rings. The van der Waals surface area contributed by atoms with Crippen LogP contribution in [0.15, 0.2) is 30.3 Å². The average Bonchev–Trinajstić information content (AvgIpc) is 2.82. The van der Waals surface area contributed by atoms with Crippen LogP contribution < -0.4 is 5.32 Å². The van der Waals surface area contributed by atoms with Gasteiger partial charge in [0, 0.05) is 32.2 Å². The summed E-state index contributed by atoms with van der Waals surface area (Å²) < 4.78 is 7.77. The third kappa shape index (κ3) is 3.64. The average molecular weight is 349 g/mol. The number of nitrogens with one attached hydrogen (secondary N) is 1. The number of nitrogens with zero attached hydrogens (tertiary/aromatic N) is 3. The number of aromatic nitrogens is 2. The predicted octanol–water partition coefficient (Wildman–Crippen LogP) is 2.54. The molecule has 2 atom stereocenters. The second kappa shape index (κ2) is 7.66. The minimum atomic E-state index is 0.113. The topological polar surface area (TPSA) is 42.3 Å². The van der Waals surface area contributed by atoms with Crippen molar-refractivity contribution < 1.29 is 4.74 Å². The molecular formula is C18H25ClN4O. The molecule has 1 fully saturated rings. The van der Waals surface area contributed by atoms with Gasteiger partial charge in [-0.1, -0.05) is 41.9 Å². The van der Waals surface area contributed by atoms with E-state index in [1.807, 2.05) is 20.0 Å². The van der Waals surface area contributed by atoms with Crippen LogP contribution in [0.1, 0.15) is 22.9 Å². The molecule has 2 heterocycles. The molecule has 24 heavy (non-hydrogen) atoms. The molecule has 0 spiro atoms. The summed E-state index contributed by atoms with van der Waals surface area (Å²) in [7, 11) is 4.03. The molecule has 6 heteroatoms. The molecule has 5 nitrogen and oxygen atoms in total. The third-order valence-electron chi connectivity index (χ3n) is 4.66. The van der Waals surface area contributed by atoms with Crippen molar-refractivity contribution in [2.75, 3.05) is 26.7 Å². The second-order valence-electron chi connectivity index (χ2n) is 6.35. The summed E-state index contributed by atoms with van der Waals surface area (Å²) in [5.74, 6) is 0. The van der Waals surface area contributed by atoms with E-state index >= 15 is 0 Å². The van der Waals surface area contributed by atoms with E-state index in [2.05, 4.69) is 46.6 Å². The first-order valence-corrected chi connectivity index (χ1v) is 8.71. The molecule has 1 aromatic heterocycles. The fourth-order valence-electron chi connectivity index (χ4n) is 3.37. The summed E-state index contributed by atoms with van der Waals surface area (Å²) in [6.07, 6.45) is 0.113. The van der Waals surface area contributed by atoms with Gasteiger partial charge in [0.05, 0.1) is 24.4 Å². The van der Waals surface area contributed by atoms with Crippen molar-refractivity contribution in [1.29, 1.82) is 0 Å². The Hall–Kier alpha value is -1.40. The van der Waals surface area contributed by atoms with Crippen LogP contribution in [0.2, 0.25) is 5.15 Å². The molecule has 0 radical (unpaired) electrons. The number of halogens is 1. The van der Waals surface area contributed by atoms with Crippen molar-refractivity contribution in [2.24, 2.45) is 7.05 Å². The van der Waals surface area contributed by atoms with Crippen LogP contribution in [0.5, 0.6) is 0 Å². The molecule has 1 N–H and O–H groups in total. The van der Waals surface area contributed by atoms with E-state index in [9.17, 15) is 0 Å². The van der Waals surface area contributed by atoms with E-state index < -0.39 is 0 Å². The lowest BCUT2D eigenvalue weighted by molar-refractivity contribution is -0.0615. The van der Waals surface area contributed by atoms with Gasteiger partial charge >= 0.3 is 0 Å². The zero-order valence-electron chi connectivity index (χ0n) is 14.5. The van der Waals surface area contributed by atoms with Crippen LogP contribution >= 0.6 is 11.6 Å². The van der Waals surface area contributed by atoms with Gasteiger partial charge in [0.2, 0.25) is 0 Å². The molecule has 1 aliphatic rings. The van der Waals surface area contributed by atoms with Gasteiger partial charge in [0.1, 0.15) is 5.15 Å². The standard InChI is InChI=1S/C18H25ClN4O/c1-13-15(18(19)23(3)21-13)11-20-12-16-17(22(2)9-10-24-16)14-7-5-4-6-8-14/h4-8,16-17,20H,9-12H2,1-3H3/t16-,17-/m0/s1. The highest BCUT2D eigenvalue weighted by atomic mass is 35.5. The summed E-state index contributed by atoms with van der Waals surface area (Å²) in [5.41, 5.74) is 3.32. The van der Waals surface area contributed by atoms with Gasteiger partial charge in [-0.25, -0.2) is 0 Å². The SMILES string of the molecule is Cc1nn(C)c(Cl)c1CNC[C@@H]1OCCN(C)[C@H]1c1ccccc1. The van der Waals surface area contributed by atoms with E-state index in [1.165, 1.54) is 5.56 Å². The van der Waals surface area contributed by atoms with E-state index in [1.54, 1.807) is 4.68 Å². The van der Waals surface area contributed by atoms with Crippen molar-refractivity contribution in [1.82, 2.24) is 20.0 Å². The van der Waals surface area contributed by atoms with E-state index in [0.717, 1.165) is 31.0 Å². The number of hydrogen-bond donors (Lipinski definition) is 1. The zero-order valence-corrected chi connectivity index (χ0v) is 15.3. The molecule has 3 rings (SSSR count). The van der Waals surface area contributed by atoms with Crippen LogP contribution in [0.4, 0.5) is 0 Å². The number of likely N-dealkylation sites (N-methyl/N-ethyl adjacent to an activating group) is 1. The summed E-state index contributed by atoms with van der Waals surface area (Å²) in [5, 5.41) is 8.55. The Morgan fingerprint density at radius 1 is 1.29 bits per heavy atom. The maximum absolute atomic E-state index is 6.30. The predicted molar refractivity (Wildman–Crippen MR) is 96.2 cm³/mol. The van der Waals surface area contributed by atoms with Crippen molar-refractivity contribution in [3.8, 4) is 0 Å². The van der Waals surface area contributed by atoms with Crippen molar-refractivity contribution in [3.63, 3.8) is 0 Å². The molecular weight excluding hydrogens is 324 g/mol. The van der Waals surface area contributed by atoms with Gasteiger partial charge in [-0.05, 0) is 19.5 Å². The number of morpholine rings is 1. The number of hydrogen-bond acceptors (Lipinski definition) is 4. The van der Waals surface area contributed by atoms with Gasteiger partial charge in [-0.3, -0.25) is 9.58 Å². The lowest BCUT2D eigenvalue weighted by atomic mass is 9.98. The van der Waals surface area contributed by atoms with Crippen molar-refractivity contribution >= 4 is 11.6 Å². The van der Waals surface area contributed by atoms with Gasteiger partial charge in [0.15, 0.2) is 0 Å². The number of rotatable bonds is 5. The number of ether oxygens (including phenoxy) is 1. The van der Waals surface area contributed by atoms with Gasteiger partial charge in [-0.2, -0.15) is 5.10 Å². The van der Waals surface area contributed by atoms with Crippen molar-refractivity contribution in [2.45, 2.75) is 25.6 Å². The highest BCUT2D eigenvalue weighted by Crippen LogP contribution is 2.28.